The molecule has 1 heterocycles. The number of nitrogens with zero attached hydrogens (tertiary/aromatic N) is 2. The molecule has 1 aromatic rings. The van der Waals surface area contributed by atoms with E-state index < -0.39 is 0 Å². The van der Waals surface area contributed by atoms with E-state index in [9.17, 15) is 0 Å². The Kier molecular flexibility index (Phi) is 2.86. The van der Waals surface area contributed by atoms with Crippen LogP contribution in [0.4, 0.5) is 5.82 Å². The third kappa shape index (κ3) is 1.97. The monoisotopic (exact) mass is 175 g/mol. The molecule has 0 aliphatic rings. The lowest BCUT2D eigenvalue weighted by Crippen LogP contribution is -2.03. The summed E-state index contributed by atoms with van der Waals surface area (Å²) in [5.41, 5.74) is 1.50. The molecule has 1 N–H and O–H groups in total. The van der Waals surface area contributed by atoms with E-state index in [0.717, 1.165) is 5.69 Å². The lowest BCUT2D eigenvalue weighted by Gasteiger charge is -2.07. The van der Waals surface area contributed by atoms with Gasteiger partial charge in [0.25, 0.3) is 0 Å². The number of nitrogens with one attached hydrogen (secondary N) is 1. The largest absolute Gasteiger partial charge is 0.372 e. The van der Waals surface area contributed by atoms with Crippen LogP contribution in [-0.2, 0) is 0 Å². The van der Waals surface area contributed by atoms with Crippen molar-refractivity contribution in [1.29, 1.82) is 0 Å². The first-order chi connectivity index (χ1) is 6.19. The van der Waals surface area contributed by atoms with Crippen molar-refractivity contribution in [3.05, 3.63) is 17.6 Å². The Morgan fingerprint density at radius 2 is 2.23 bits per heavy atom. The van der Waals surface area contributed by atoms with Crippen LogP contribution in [0.5, 0.6) is 0 Å². The van der Waals surface area contributed by atoms with Gasteiger partial charge in [-0.25, -0.2) is 4.98 Å². The second-order valence-electron chi connectivity index (χ2n) is 3.04. The first kappa shape index (κ1) is 9.53. The number of terminal acetylenes is 1. The molecule has 0 amide bonds. The van der Waals surface area contributed by atoms with Crippen LogP contribution in [0.25, 0.3) is 0 Å². The average molecular weight is 175 g/mol. The Morgan fingerprint density at radius 1 is 1.54 bits per heavy atom. The molecule has 1 rings (SSSR count). The summed E-state index contributed by atoms with van der Waals surface area (Å²) in [6.45, 7) is 4.09. The molecule has 13 heavy (non-hydrogen) atoms. The Hall–Kier alpha value is -1.56. The topological polar surface area (TPSA) is 37.8 Å². The van der Waals surface area contributed by atoms with E-state index in [1.807, 2.05) is 13.8 Å². The summed E-state index contributed by atoms with van der Waals surface area (Å²) in [5, 5.41) is 2.90. The van der Waals surface area contributed by atoms with Crippen LogP contribution in [0.1, 0.15) is 31.2 Å². The summed E-state index contributed by atoms with van der Waals surface area (Å²) >= 11 is 0. The summed E-state index contributed by atoms with van der Waals surface area (Å²) < 4.78 is 0. The van der Waals surface area contributed by atoms with Gasteiger partial charge in [0.1, 0.15) is 11.5 Å². The normalized spacial score (nSPS) is 9.77. The maximum atomic E-state index is 5.33. The standard InChI is InChI=1S/C10H13N3/c1-5-8-10(7(2)3)12-6-9(11-4)13-8/h1,6-7H,2-4H3,(H,11,13). The lowest BCUT2D eigenvalue weighted by molar-refractivity contribution is 0.807. The molecular formula is C10H13N3. The highest BCUT2D eigenvalue weighted by Crippen LogP contribution is 2.15. The fourth-order valence-electron chi connectivity index (χ4n) is 1.05. The van der Waals surface area contributed by atoms with Crippen molar-refractivity contribution < 1.29 is 0 Å². The third-order valence-corrected chi connectivity index (χ3v) is 1.74. The molecule has 0 unspecified atom stereocenters. The highest BCUT2D eigenvalue weighted by atomic mass is 15.0. The van der Waals surface area contributed by atoms with E-state index in [-0.39, 0.29) is 0 Å². The van der Waals surface area contributed by atoms with Crippen molar-refractivity contribution >= 4 is 5.82 Å². The third-order valence-electron chi connectivity index (χ3n) is 1.74. The van der Waals surface area contributed by atoms with Gasteiger partial charge in [-0.3, -0.25) is 4.98 Å². The molecule has 0 aromatic carbocycles. The smallest absolute Gasteiger partial charge is 0.145 e. The van der Waals surface area contributed by atoms with E-state index >= 15 is 0 Å². The minimum Gasteiger partial charge on any atom is -0.372 e. The van der Waals surface area contributed by atoms with E-state index in [4.69, 9.17) is 6.42 Å². The molecule has 0 aliphatic carbocycles. The van der Waals surface area contributed by atoms with Crippen LogP contribution in [0.15, 0.2) is 6.20 Å². The van der Waals surface area contributed by atoms with Gasteiger partial charge in [0, 0.05) is 7.05 Å². The SMILES string of the molecule is C#Cc1nc(NC)cnc1C(C)C. The molecule has 0 radical (unpaired) electrons. The number of hydrogen-bond donors (Lipinski definition) is 1. The van der Waals surface area contributed by atoms with Gasteiger partial charge in [0.15, 0.2) is 0 Å². The molecule has 0 saturated carbocycles. The van der Waals surface area contributed by atoms with E-state index in [1.54, 1.807) is 13.2 Å². The Bertz CT molecular complexity index is 337. The lowest BCUT2D eigenvalue weighted by atomic mass is 10.1. The van der Waals surface area contributed by atoms with Crippen molar-refractivity contribution in [2.24, 2.45) is 0 Å². The maximum absolute atomic E-state index is 5.33. The van der Waals surface area contributed by atoms with Gasteiger partial charge in [-0.15, -0.1) is 6.42 Å². The average Bonchev–Trinajstić information content (AvgIpc) is 2.16. The van der Waals surface area contributed by atoms with Crippen LogP contribution < -0.4 is 5.32 Å². The quantitative estimate of drug-likeness (QED) is 0.694. The molecule has 68 valence electrons. The molecule has 0 saturated heterocycles. The van der Waals surface area contributed by atoms with Crippen LogP contribution in [-0.4, -0.2) is 17.0 Å². The minimum absolute atomic E-state index is 0.310. The molecule has 3 heteroatoms. The summed E-state index contributed by atoms with van der Waals surface area (Å²) in [7, 11) is 1.79. The zero-order valence-electron chi connectivity index (χ0n) is 8.13. The molecular weight excluding hydrogens is 162 g/mol. The van der Waals surface area contributed by atoms with Crippen LogP contribution in [0.2, 0.25) is 0 Å². The first-order valence-corrected chi connectivity index (χ1v) is 4.20. The van der Waals surface area contributed by atoms with Crippen molar-refractivity contribution in [3.63, 3.8) is 0 Å². The van der Waals surface area contributed by atoms with Gasteiger partial charge in [0.2, 0.25) is 0 Å². The minimum atomic E-state index is 0.310. The number of rotatable bonds is 2. The molecule has 0 aliphatic heterocycles. The highest BCUT2D eigenvalue weighted by Gasteiger charge is 2.08. The second-order valence-corrected chi connectivity index (χ2v) is 3.04. The van der Waals surface area contributed by atoms with Gasteiger partial charge in [0.05, 0.1) is 11.9 Å². The highest BCUT2D eigenvalue weighted by molar-refractivity contribution is 5.39. The van der Waals surface area contributed by atoms with Gasteiger partial charge >= 0.3 is 0 Å². The summed E-state index contributed by atoms with van der Waals surface area (Å²) in [6.07, 6.45) is 7.02. The van der Waals surface area contributed by atoms with Gasteiger partial charge in [-0.1, -0.05) is 13.8 Å². The fourth-order valence-corrected chi connectivity index (χ4v) is 1.05. The Balaban J connectivity index is 3.18. The summed E-state index contributed by atoms with van der Waals surface area (Å²) in [6, 6.07) is 0. The van der Waals surface area contributed by atoms with Gasteiger partial charge in [-0.05, 0) is 11.8 Å². The number of anilines is 1. The first-order valence-electron chi connectivity index (χ1n) is 4.20. The summed E-state index contributed by atoms with van der Waals surface area (Å²) in [5.74, 6) is 3.55. The van der Waals surface area contributed by atoms with Crippen molar-refractivity contribution in [2.75, 3.05) is 12.4 Å². The predicted molar refractivity (Wildman–Crippen MR) is 53.6 cm³/mol. The van der Waals surface area contributed by atoms with Crippen molar-refractivity contribution in [2.45, 2.75) is 19.8 Å². The van der Waals surface area contributed by atoms with Crippen LogP contribution in [0.3, 0.4) is 0 Å². The molecule has 3 nitrogen and oxygen atoms in total. The summed E-state index contributed by atoms with van der Waals surface area (Å²) in [4.78, 5) is 8.47. The van der Waals surface area contributed by atoms with E-state index in [1.165, 1.54) is 0 Å². The number of aromatic nitrogens is 2. The Labute approximate surface area is 78.6 Å². The zero-order valence-corrected chi connectivity index (χ0v) is 8.13. The zero-order chi connectivity index (χ0) is 9.84. The molecule has 1 aromatic heterocycles. The maximum Gasteiger partial charge on any atom is 0.145 e. The van der Waals surface area contributed by atoms with Crippen molar-refractivity contribution in [1.82, 2.24) is 9.97 Å². The Morgan fingerprint density at radius 3 is 2.69 bits per heavy atom. The predicted octanol–water partition coefficient (Wildman–Crippen LogP) is 1.62. The second kappa shape index (κ2) is 3.90. The van der Waals surface area contributed by atoms with Crippen molar-refractivity contribution in [3.8, 4) is 12.3 Å². The van der Waals surface area contributed by atoms with E-state index in [2.05, 4.69) is 21.2 Å². The van der Waals surface area contributed by atoms with Gasteiger partial charge < -0.3 is 5.32 Å². The molecule has 0 bridgehead atoms. The molecule has 0 fully saturated rings. The fraction of sp³-hybridized carbons (Fsp3) is 0.400. The van der Waals surface area contributed by atoms with Gasteiger partial charge in [-0.2, -0.15) is 0 Å². The number of hydrogen-bond acceptors (Lipinski definition) is 3. The van der Waals surface area contributed by atoms with Crippen LogP contribution >= 0.6 is 0 Å². The van der Waals surface area contributed by atoms with Crippen LogP contribution in [0, 0.1) is 12.3 Å². The molecule has 0 atom stereocenters. The van der Waals surface area contributed by atoms with E-state index in [0.29, 0.717) is 17.4 Å². The molecule has 0 spiro atoms.